The predicted octanol–water partition coefficient (Wildman–Crippen LogP) is 2.44. The number of nitrogens with zero attached hydrogens (tertiary/aromatic N) is 6. The number of aromatic nitrogens is 4. The maximum atomic E-state index is 9.15. The van der Waals surface area contributed by atoms with Gasteiger partial charge in [0.15, 0.2) is 0 Å². The number of hydrazine groups is 1. The molecular weight excluding hydrogens is 336 g/mol. The molecule has 3 heterocycles. The molecule has 1 aliphatic rings. The molecule has 1 aliphatic heterocycles. The van der Waals surface area contributed by atoms with E-state index in [1.165, 1.54) is 17.7 Å². The topological polar surface area (TPSA) is 94.7 Å². The van der Waals surface area contributed by atoms with Gasteiger partial charge in [-0.25, -0.2) is 14.6 Å². The molecule has 3 aromatic rings. The van der Waals surface area contributed by atoms with E-state index in [-0.39, 0.29) is 0 Å². The molecule has 0 amide bonds. The van der Waals surface area contributed by atoms with E-state index in [0.717, 1.165) is 16.3 Å². The summed E-state index contributed by atoms with van der Waals surface area (Å²) in [5.74, 6) is 0. The van der Waals surface area contributed by atoms with Crippen LogP contribution in [0.15, 0.2) is 61.7 Å². The Hall–Kier alpha value is -3.64. The van der Waals surface area contributed by atoms with Crippen molar-refractivity contribution in [2.45, 2.75) is 0 Å². The molecule has 8 nitrogen and oxygen atoms in total. The fourth-order valence-electron chi connectivity index (χ4n) is 2.29. The molecule has 4 rings (SSSR count). The Labute approximate surface area is 147 Å². The third kappa shape index (κ3) is 3.06. The molecule has 1 aromatic carbocycles. The molecule has 0 aliphatic carbocycles. The van der Waals surface area contributed by atoms with Crippen LogP contribution in [0.4, 0.5) is 5.13 Å². The standard InChI is InChI=1S/C16H12N8S/c17-9-12-2-1-3-13(8-12)14-15(24-11-19-10-20-24)25-16(21-14)22-23-6-4-18-5-7-23/h1-8,10-11,18H,(H,21,22). The number of rotatable bonds is 4. The number of benzene rings is 1. The first-order valence-electron chi connectivity index (χ1n) is 7.34. The van der Waals surface area contributed by atoms with Gasteiger partial charge in [0.1, 0.15) is 23.3 Å². The number of hydrogen-bond donors (Lipinski definition) is 2. The van der Waals surface area contributed by atoms with Gasteiger partial charge in [-0.05, 0) is 12.1 Å². The van der Waals surface area contributed by atoms with Crippen molar-refractivity contribution in [3.05, 3.63) is 67.3 Å². The zero-order chi connectivity index (χ0) is 17.1. The van der Waals surface area contributed by atoms with Crippen LogP contribution in [0.2, 0.25) is 0 Å². The fraction of sp³-hybridized carbons (Fsp3) is 0. The van der Waals surface area contributed by atoms with E-state index in [1.54, 1.807) is 34.5 Å². The Bertz CT molecular complexity index is 968. The van der Waals surface area contributed by atoms with Crippen molar-refractivity contribution in [1.29, 1.82) is 5.26 Å². The van der Waals surface area contributed by atoms with Crippen LogP contribution in [0.1, 0.15) is 5.56 Å². The first-order chi connectivity index (χ1) is 12.3. The molecule has 9 heteroatoms. The summed E-state index contributed by atoms with van der Waals surface area (Å²) in [4.78, 5) is 8.69. The van der Waals surface area contributed by atoms with E-state index >= 15 is 0 Å². The Balaban J connectivity index is 1.76. The first-order valence-corrected chi connectivity index (χ1v) is 8.16. The lowest BCUT2D eigenvalue weighted by Gasteiger charge is -2.18. The SMILES string of the molecule is N#Cc1cccc(-c2nc(NN3C=CNC=C3)sc2-n2cncn2)c1. The molecule has 2 N–H and O–H groups in total. The molecule has 0 atom stereocenters. The normalized spacial score (nSPS) is 12.7. The van der Waals surface area contributed by atoms with Crippen molar-refractivity contribution in [1.82, 2.24) is 30.1 Å². The van der Waals surface area contributed by atoms with E-state index in [9.17, 15) is 0 Å². The second kappa shape index (κ2) is 6.46. The number of anilines is 1. The number of nitrogens with one attached hydrogen (secondary N) is 2. The Morgan fingerprint density at radius 1 is 1.24 bits per heavy atom. The molecule has 2 aromatic heterocycles. The van der Waals surface area contributed by atoms with Crippen molar-refractivity contribution < 1.29 is 0 Å². The van der Waals surface area contributed by atoms with Crippen LogP contribution in [0.5, 0.6) is 0 Å². The molecule has 0 radical (unpaired) electrons. The minimum Gasteiger partial charge on any atom is -0.365 e. The minimum atomic E-state index is 0.581. The summed E-state index contributed by atoms with van der Waals surface area (Å²) in [6.45, 7) is 0. The monoisotopic (exact) mass is 348 g/mol. The second-order valence-corrected chi connectivity index (χ2v) is 6.00. The molecule has 25 heavy (non-hydrogen) atoms. The lowest BCUT2D eigenvalue weighted by Crippen LogP contribution is -2.21. The lowest BCUT2D eigenvalue weighted by molar-refractivity contribution is 0.592. The Kier molecular flexibility index (Phi) is 3.86. The second-order valence-electron chi connectivity index (χ2n) is 5.02. The predicted molar refractivity (Wildman–Crippen MR) is 94.1 cm³/mol. The molecule has 0 saturated carbocycles. The molecule has 0 bridgehead atoms. The fourth-order valence-corrected chi connectivity index (χ4v) is 3.21. The minimum absolute atomic E-state index is 0.581. The number of hydrogen-bond acceptors (Lipinski definition) is 8. The third-order valence-electron chi connectivity index (χ3n) is 3.39. The molecule has 0 spiro atoms. The number of nitriles is 1. The lowest BCUT2D eigenvalue weighted by atomic mass is 10.1. The molecule has 0 saturated heterocycles. The van der Waals surface area contributed by atoms with Crippen molar-refractivity contribution in [2.75, 3.05) is 5.43 Å². The van der Waals surface area contributed by atoms with Gasteiger partial charge in [0.25, 0.3) is 0 Å². The van der Waals surface area contributed by atoms with Crippen LogP contribution in [-0.2, 0) is 0 Å². The van der Waals surface area contributed by atoms with E-state index in [1.807, 2.05) is 30.6 Å². The summed E-state index contributed by atoms with van der Waals surface area (Å²) < 4.78 is 1.67. The zero-order valence-corrected chi connectivity index (χ0v) is 13.7. The van der Waals surface area contributed by atoms with Gasteiger partial charge in [0.2, 0.25) is 5.13 Å². The Morgan fingerprint density at radius 2 is 2.12 bits per heavy atom. The van der Waals surface area contributed by atoms with E-state index < -0.39 is 0 Å². The van der Waals surface area contributed by atoms with Gasteiger partial charge in [-0.1, -0.05) is 23.5 Å². The smallest absolute Gasteiger partial charge is 0.204 e. The van der Waals surface area contributed by atoms with Crippen LogP contribution in [0.3, 0.4) is 0 Å². The summed E-state index contributed by atoms with van der Waals surface area (Å²) >= 11 is 1.44. The van der Waals surface area contributed by atoms with Gasteiger partial charge in [-0.3, -0.25) is 10.4 Å². The largest absolute Gasteiger partial charge is 0.365 e. The van der Waals surface area contributed by atoms with Crippen LogP contribution >= 0.6 is 11.3 Å². The van der Waals surface area contributed by atoms with Crippen molar-refractivity contribution in [2.24, 2.45) is 0 Å². The highest BCUT2D eigenvalue weighted by Crippen LogP contribution is 2.34. The van der Waals surface area contributed by atoms with Gasteiger partial charge in [-0.15, -0.1) is 0 Å². The third-order valence-corrected chi connectivity index (χ3v) is 4.34. The summed E-state index contributed by atoms with van der Waals surface area (Å²) in [5, 5.41) is 19.6. The molecule has 0 unspecified atom stereocenters. The Morgan fingerprint density at radius 3 is 2.88 bits per heavy atom. The molecule has 0 fully saturated rings. The van der Waals surface area contributed by atoms with E-state index in [2.05, 4.69) is 31.9 Å². The van der Waals surface area contributed by atoms with Gasteiger partial charge in [0, 0.05) is 30.4 Å². The summed E-state index contributed by atoms with van der Waals surface area (Å²) in [5.41, 5.74) is 5.37. The summed E-state index contributed by atoms with van der Waals surface area (Å²) in [7, 11) is 0. The van der Waals surface area contributed by atoms with Gasteiger partial charge in [-0.2, -0.15) is 10.4 Å². The van der Waals surface area contributed by atoms with E-state index in [0.29, 0.717) is 10.7 Å². The highest BCUT2D eigenvalue weighted by Gasteiger charge is 2.17. The summed E-state index contributed by atoms with van der Waals surface area (Å²) in [6, 6.07) is 9.49. The average molecular weight is 348 g/mol. The van der Waals surface area contributed by atoms with Gasteiger partial charge >= 0.3 is 0 Å². The van der Waals surface area contributed by atoms with Crippen molar-refractivity contribution in [3.63, 3.8) is 0 Å². The van der Waals surface area contributed by atoms with Crippen LogP contribution in [-0.4, -0.2) is 24.8 Å². The van der Waals surface area contributed by atoms with Gasteiger partial charge < -0.3 is 5.32 Å². The highest BCUT2D eigenvalue weighted by molar-refractivity contribution is 7.18. The average Bonchev–Trinajstić information content (AvgIpc) is 3.32. The number of thiazole rings is 1. The first kappa shape index (κ1) is 14.9. The molecule has 122 valence electrons. The van der Waals surface area contributed by atoms with Gasteiger partial charge in [0.05, 0.1) is 11.6 Å². The zero-order valence-electron chi connectivity index (χ0n) is 12.9. The van der Waals surface area contributed by atoms with Crippen molar-refractivity contribution >= 4 is 16.5 Å². The molecular formula is C16H12N8S. The maximum absolute atomic E-state index is 9.15. The van der Waals surface area contributed by atoms with Crippen molar-refractivity contribution in [3.8, 4) is 22.3 Å². The highest BCUT2D eigenvalue weighted by atomic mass is 32.1. The van der Waals surface area contributed by atoms with Crippen LogP contribution < -0.4 is 10.7 Å². The van der Waals surface area contributed by atoms with Crippen LogP contribution in [0.25, 0.3) is 16.3 Å². The van der Waals surface area contributed by atoms with Crippen LogP contribution in [0, 0.1) is 11.3 Å². The van der Waals surface area contributed by atoms with E-state index in [4.69, 9.17) is 5.26 Å². The quantitative estimate of drug-likeness (QED) is 0.748. The maximum Gasteiger partial charge on any atom is 0.204 e. The summed E-state index contributed by atoms with van der Waals surface area (Å²) in [6.07, 6.45) is 10.4.